The Kier molecular flexibility index (Phi) is 6.15. The molecule has 0 bridgehead atoms. The molecule has 0 saturated carbocycles. The van der Waals surface area contributed by atoms with Gasteiger partial charge in [-0.3, -0.25) is 0 Å². The summed E-state index contributed by atoms with van der Waals surface area (Å²) in [5, 5.41) is 5.56. The average Bonchev–Trinajstić information content (AvgIpc) is 2.38. The van der Waals surface area contributed by atoms with Crippen molar-refractivity contribution in [1.29, 1.82) is 0 Å². The predicted molar refractivity (Wildman–Crippen MR) is 85.6 cm³/mol. The van der Waals surface area contributed by atoms with E-state index < -0.39 is 5.82 Å². The molecule has 0 aliphatic heterocycles. The summed E-state index contributed by atoms with van der Waals surface area (Å²) in [6.07, 6.45) is 0. The fourth-order valence-corrected chi connectivity index (χ4v) is 2.26. The van der Waals surface area contributed by atoms with Crippen molar-refractivity contribution in [3.05, 3.63) is 28.0 Å². The van der Waals surface area contributed by atoms with Gasteiger partial charge in [0.1, 0.15) is 4.99 Å². The van der Waals surface area contributed by atoms with Gasteiger partial charge in [-0.15, -0.1) is 0 Å². The molecule has 0 aliphatic carbocycles. The second kappa shape index (κ2) is 7.39. The predicted octanol–water partition coefficient (Wildman–Crippen LogP) is 1.91. The molecule has 110 valence electrons. The van der Waals surface area contributed by atoms with Crippen molar-refractivity contribution in [2.45, 2.75) is 0 Å². The molecular formula is C12H16BrFN4OS. The first-order valence-electron chi connectivity index (χ1n) is 5.81. The number of halogens is 2. The second-order valence-corrected chi connectivity index (χ2v) is 5.44. The monoisotopic (exact) mass is 362 g/mol. The van der Waals surface area contributed by atoms with Crippen LogP contribution in [0.15, 0.2) is 16.6 Å². The Morgan fingerprint density at radius 1 is 1.45 bits per heavy atom. The molecule has 1 aromatic rings. The van der Waals surface area contributed by atoms with Gasteiger partial charge < -0.3 is 21.3 Å². The van der Waals surface area contributed by atoms with Crippen LogP contribution in [0.2, 0.25) is 0 Å². The van der Waals surface area contributed by atoms with Crippen LogP contribution in [-0.2, 0) is 0 Å². The SMILES string of the molecule is CN(C)C(=O)NCCNc1ccc(C(N)=S)c(Br)c1F. The molecule has 1 aromatic carbocycles. The Morgan fingerprint density at radius 3 is 2.65 bits per heavy atom. The molecule has 20 heavy (non-hydrogen) atoms. The zero-order valence-corrected chi connectivity index (χ0v) is 13.6. The van der Waals surface area contributed by atoms with E-state index in [1.54, 1.807) is 26.2 Å². The molecule has 8 heteroatoms. The minimum atomic E-state index is -0.464. The number of amides is 2. The number of benzene rings is 1. The first kappa shape index (κ1) is 16.6. The van der Waals surface area contributed by atoms with Crippen LogP contribution in [0, 0.1) is 5.82 Å². The molecule has 2 amide bonds. The van der Waals surface area contributed by atoms with Crippen LogP contribution in [0.1, 0.15) is 5.56 Å². The smallest absolute Gasteiger partial charge is 0.316 e. The van der Waals surface area contributed by atoms with Crippen LogP contribution in [0.3, 0.4) is 0 Å². The zero-order chi connectivity index (χ0) is 15.3. The summed E-state index contributed by atoms with van der Waals surface area (Å²) in [7, 11) is 3.29. The van der Waals surface area contributed by atoms with Crippen molar-refractivity contribution in [2.75, 3.05) is 32.5 Å². The minimum absolute atomic E-state index is 0.126. The highest BCUT2D eigenvalue weighted by Crippen LogP contribution is 2.26. The van der Waals surface area contributed by atoms with E-state index in [4.69, 9.17) is 18.0 Å². The molecule has 0 spiro atoms. The van der Waals surface area contributed by atoms with Crippen LogP contribution in [0.25, 0.3) is 0 Å². The molecule has 0 aliphatic rings. The van der Waals surface area contributed by atoms with E-state index in [1.165, 1.54) is 4.90 Å². The number of hydrogen-bond acceptors (Lipinski definition) is 3. The number of anilines is 1. The van der Waals surface area contributed by atoms with E-state index in [0.717, 1.165) is 0 Å². The van der Waals surface area contributed by atoms with Crippen LogP contribution in [0.4, 0.5) is 14.9 Å². The largest absolute Gasteiger partial charge is 0.389 e. The lowest BCUT2D eigenvalue weighted by atomic mass is 10.2. The van der Waals surface area contributed by atoms with Gasteiger partial charge in [-0.1, -0.05) is 12.2 Å². The average molecular weight is 363 g/mol. The maximum atomic E-state index is 14.0. The summed E-state index contributed by atoms with van der Waals surface area (Å²) >= 11 is 7.94. The summed E-state index contributed by atoms with van der Waals surface area (Å²) in [6, 6.07) is 3.00. The van der Waals surface area contributed by atoms with Gasteiger partial charge in [-0.05, 0) is 28.1 Å². The first-order valence-corrected chi connectivity index (χ1v) is 7.01. The maximum absolute atomic E-state index is 14.0. The van der Waals surface area contributed by atoms with Gasteiger partial charge in [0.05, 0.1) is 10.2 Å². The second-order valence-electron chi connectivity index (χ2n) is 4.21. The highest BCUT2D eigenvalue weighted by atomic mass is 79.9. The number of nitrogens with two attached hydrogens (primary N) is 1. The van der Waals surface area contributed by atoms with Crippen molar-refractivity contribution in [1.82, 2.24) is 10.2 Å². The number of nitrogens with one attached hydrogen (secondary N) is 2. The van der Waals surface area contributed by atoms with Crippen molar-refractivity contribution < 1.29 is 9.18 Å². The summed E-state index contributed by atoms with van der Waals surface area (Å²) in [5.74, 6) is -0.464. The minimum Gasteiger partial charge on any atom is -0.389 e. The molecule has 1 rings (SSSR count). The highest BCUT2D eigenvalue weighted by molar-refractivity contribution is 9.10. The molecule has 0 fully saturated rings. The van der Waals surface area contributed by atoms with Crippen LogP contribution in [0.5, 0.6) is 0 Å². The van der Waals surface area contributed by atoms with E-state index in [0.29, 0.717) is 24.3 Å². The van der Waals surface area contributed by atoms with Crippen LogP contribution < -0.4 is 16.4 Å². The Hall–Kier alpha value is -1.41. The van der Waals surface area contributed by atoms with Gasteiger partial charge in [-0.2, -0.15) is 0 Å². The topological polar surface area (TPSA) is 70.4 Å². The van der Waals surface area contributed by atoms with Crippen molar-refractivity contribution in [3.8, 4) is 0 Å². The number of urea groups is 1. The van der Waals surface area contributed by atoms with Gasteiger partial charge in [-0.25, -0.2) is 9.18 Å². The highest BCUT2D eigenvalue weighted by Gasteiger charge is 2.12. The lowest BCUT2D eigenvalue weighted by Crippen LogP contribution is -2.37. The third-order valence-corrected chi connectivity index (χ3v) is 3.47. The number of hydrogen-bond donors (Lipinski definition) is 3. The Morgan fingerprint density at radius 2 is 2.10 bits per heavy atom. The third-order valence-electron chi connectivity index (χ3n) is 2.47. The van der Waals surface area contributed by atoms with Crippen molar-refractivity contribution >= 4 is 44.9 Å². The normalized spacial score (nSPS) is 10.0. The van der Waals surface area contributed by atoms with Crippen molar-refractivity contribution in [2.24, 2.45) is 5.73 Å². The van der Waals surface area contributed by atoms with E-state index in [1.807, 2.05) is 0 Å². The van der Waals surface area contributed by atoms with E-state index in [2.05, 4.69) is 26.6 Å². The van der Waals surface area contributed by atoms with Gasteiger partial charge in [0.15, 0.2) is 5.82 Å². The number of rotatable bonds is 5. The van der Waals surface area contributed by atoms with Crippen molar-refractivity contribution in [3.63, 3.8) is 0 Å². The summed E-state index contributed by atoms with van der Waals surface area (Å²) in [6.45, 7) is 0.778. The maximum Gasteiger partial charge on any atom is 0.316 e. The fourth-order valence-electron chi connectivity index (χ4n) is 1.40. The number of thiocarbonyl (C=S) groups is 1. The Labute approximate surface area is 130 Å². The lowest BCUT2D eigenvalue weighted by Gasteiger charge is -2.14. The van der Waals surface area contributed by atoms with E-state index in [-0.39, 0.29) is 15.5 Å². The standard InChI is InChI=1S/C12H16BrFN4OS/c1-18(2)12(19)17-6-5-16-8-4-3-7(11(15)20)9(13)10(8)14/h3-4,16H,5-6H2,1-2H3,(H2,15,20)(H,17,19). The molecule has 0 heterocycles. The quantitative estimate of drug-likeness (QED) is 0.552. The van der Waals surface area contributed by atoms with E-state index >= 15 is 0 Å². The molecule has 0 atom stereocenters. The Balaban J connectivity index is 2.60. The fraction of sp³-hybridized carbons (Fsp3) is 0.333. The number of nitrogens with zero attached hydrogens (tertiary/aromatic N) is 1. The van der Waals surface area contributed by atoms with Crippen LogP contribution in [-0.4, -0.2) is 43.1 Å². The molecule has 0 aromatic heterocycles. The zero-order valence-electron chi connectivity index (χ0n) is 11.2. The summed E-state index contributed by atoms with van der Waals surface area (Å²) in [5.41, 5.74) is 6.24. The van der Waals surface area contributed by atoms with Gasteiger partial charge in [0.2, 0.25) is 0 Å². The first-order chi connectivity index (χ1) is 9.34. The van der Waals surface area contributed by atoms with Gasteiger partial charge in [0, 0.05) is 32.7 Å². The van der Waals surface area contributed by atoms with Gasteiger partial charge in [0.25, 0.3) is 0 Å². The summed E-state index contributed by atoms with van der Waals surface area (Å²) < 4.78 is 14.2. The molecule has 4 N–H and O–H groups in total. The Bertz CT molecular complexity index is 524. The molecule has 0 radical (unpaired) electrons. The molecular weight excluding hydrogens is 347 g/mol. The molecule has 0 saturated heterocycles. The molecule has 0 unspecified atom stereocenters. The van der Waals surface area contributed by atoms with Gasteiger partial charge >= 0.3 is 6.03 Å². The number of carbonyl (C=O) groups is 1. The summed E-state index contributed by atoms with van der Waals surface area (Å²) in [4.78, 5) is 12.8. The third kappa shape index (κ3) is 4.31. The lowest BCUT2D eigenvalue weighted by molar-refractivity contribution is 0.218. The number of carbonyl (C=O) groups excluding carboxylic acids is 1. The molecule has 5 nitrogen and oxygen atoms in total. The van der Waals surface area contributed by atoms with Crippen LogP contribution >= 0.6 is 28.1 Å². The van der Waals surface area contributed by atoms with E-state index in [9.17, 15) is 9.18 Å².